The number of nitrogens with one attached hydrogen (secondary N) is 2. The van der Waals surface area contributed by atoms with Crippen molar-refractivity contribution in [2.75, 3.05) is 36.7 Å². The zero-order chi connectivity index (χ0) is 18.5. The molecule has 24 heavy (non-hydrogen) atoms. The Morgan fingerprint density at radius 1 is 1.25 bits per heavy atom. The van der Waals surface area contributed by atoms with Gasteiger partial charge in [-0.15, -0.1) is 11.6 Å². The quantitative estimate of drug-likeness (QED) is 0.739. The van der Waals surface area contributed by atoms with E-state index in [1.807, 2.05) is 38.9 Å². The van der Waals surface area contributed by atoms with E-state index in [-0.39, 0.29) is 17.7 Å². The van der Waals surface area contributed by atoms with Gasteiger partial charge in [-0.1, -0.05) is 13.8 Å². The van der Waals surface area contributed by atoms with E-state index in [1.54, 1.807) is 26.0 Å². The number of hydrogen-bond donors (Lipinski definition) is 2. The van der Waals surface area contributed by atoms with Crippen molar-refractivity contribution in [3.05, 3.63) is 23.8 Å². The molecule has 0 saturated heterocycles. The lowest BCUT2D eigenvalue weighted by Gasteiger charge is -2.22. The summed E-state index contributed by atoms with van der Waals surface area (Å²) in [5.41, 5.74) is 1.23. The van der Waals surface area contributed by atoms with Crippen molar-refractivity contribution in [2.24, 2.45) is 11.3 Å². The second-order valence-electron chi connectivity index (χ2n) is 7.20. The molecule has 2 N–H and O–H groups in total. The van der Waals surface area contributed by atoms with Gasteiger partial charge in [-0.25, -0.2) is 0 Å². The minimum Gasteiger partial charge on any atom is -0.377 e. The van der Waals surface area contributed by atoms with Crippen LogP contribution in [0.15, 0.2) is 18.2 Å². The van der Waals surface area contributed by atoms with Gasteiger partial charge in [-0.3, -0.25) is 9.59 Å². The van der Waals surface area contributed by atoms with Crippen molar-refractivity contribution < 1.29 is 9.59 Å². The Bertz CT molecular complexity index is 598. The average Bonchev–Trinajstić information content (AvgIpc) is 2.52. The molecule has 134 valence electrons. The minimum atomic E-state index is -0.679. The Morgan fingerprint density at radius 2 is 1.88 bits per heavy atom. The zero-order valence-electron chi connectivity index (χ0n) is 15.4. The maximum absolute atomic E-state index is 12.5. The van der Waals surface area contributed by atoms with Crippen LogP contribution in [-0.2, 0) is 4.79 Å². The molecule has 1 aromatic carbocycles. The van der Waals surface area contributed by atoms with Crippen molar-refractivity contribution in [1.82, 2.24) is 5.32 Å². The topological polar surface area (TPSA) is 61.4 Å². The predicted molar refractivity (Wildman–Crippen MR) is 101 cm³/mol. The van der Waals surface area contributed by atoms with E-state index in [0.717, 1.165) is 5.69 Å². The monoisotopic (exact) mass is 353 g/mol. The molecule has 0 heterocycles. The minimum absolute atomic E-state index is 0.153. The first-order valence-electron chi connectivity index (χ1n) is 8.05. The summed E-state index contributed by atoms with van der Waals surface area (Å²) in [7, 11) is 3.76. The SMILES string of the molecule is CC(C)CNC(=O)c1cc(NC(=O)C(C)(C)CCl)ccc1N(C)C. The number of halogens is 1. The van der Waals surface area contributed by atoms with Crippen LogP contribution in [0.1, 0.15) is 38.1 Å². The highest BCUT2D eigenvalue weighted by Crippen LogP contribution is 2.25. The fraction of sp³-hybridized carbons (Fsp3) is 0.556. The van der Waals surface area contributed by atoms with Gasteiger partial charge in [0.1, 0.15) is 0 Å². The summed E-state index contributed by atoms with van der Waals surface area (Å²) in [4.78, 5) is 26.6. The molecule has 0 fully saturated rings. The highest BCUT2D eigenvalue weighted by Gasteiger charge is 2.27. The van der Waals surface area contributed by atoms with E-state index in [1.165, 1.54) is 0 Å². The summed E-state index contributed by atoms with van der Waals surface area (Å²) in [6.07, 6.45) is 0. The highest BCUT2D eigenvalue weighted by molar-refractivity contribution is 6.20. The number of amides is 2. The van der Waals surface area contributed by atoms with Gasteiger partial charge in [-0.05, 0) is 38.0 Å². The molecule has 5 nitrogen and oxygen atoms in total. The van der Waals surface area contributed by atoms with Crippen LogP contribution in [-0.4, -0.2) is 38.3 Å². The standard InChI is InChI=1S/C18H28ClN3O2/c1-12(2)10-20-16(23)14-9-13(7-8-15(14)22(5)6)21-17(24)18(3,4)11-19/h7-9,12H,10-11H2,1-6H3,(H,20,23)(H,21,24). The van der Waals surface area contributed by atoms with Crippen molar-refractivity contribution in [1.29, 1.82) is 0 Å². The third-order valence-electron chi connectivity index (χ3n) is 3.60. The molecule has 0 aliphatic carbocycles. The molecule has 0 atom stereocenters. The summed E-state index contributed by atoms with van der Waals surface area (Å²) in [6.45, 7) is 8.23. The molecular formula is C18H28ClN3O2. The van der Waals surface area contributed by atoms with Gasteiger partial charge >= 0.3 is 0 Å². The molecule has 0 aliphatic heterocycles. The summed E-state index contributed by atoms with van der Waals surface area (Å²) in [5.74, 6) is 0.254. The number of anilines is 2. The molecule has 0 radical (unpaired) electrons. The van der Waals surface area contributed by atoms with Crippen molar-refractivity contribution in [2.45, 2.75) is 27.7 Å². The second-order valence-corrected chi connectivity index (χ2v) is 7.47. The zero-order valence-corrected chi connectivity index (χ0v) is 16.1. The van der Waals surface area contributed by atoms with E-state index in [4.69, 9.17) is 11.6 Å². The van der Waals surface area contributed by atoms with Crippen molar-refractivity contribution in [3.8, 4) is 0 Å². The van der Waals surface area contributed by atoms with Crippen molar-refractivity contribution >= 4 is 34.8 Å². The van der Waals surface area contributed by atoms with Gasteiger partial charge < -0.3 is 15.5 Å². The molecule has 1 aromatic rings. The van der Waals surface area contributed by atoms with Crippen LogP contribution in [0.5, 0.6) is 0 Å². The highest BCUT2D eigenvalue weighted by atomic mass is 35.5. The molecule has 6 heteroatoms. The van der Waals surface area contributed by atoms with Gasteiger partial charge in [0.15, 0.2) is 0 Å². The Kier molecular flexibility index (Phi) is 7.08. The molecule has 2 amide bonds. The van der Waals surface area contributed by atoms with Crippen LogP contribution in [0.3, 0.4) is 0 Å². The van der Waals surface area contributed by atoms with Crippen LogP contribution in [0, 0.1) is 11.3 Å². The first kappa shape index (κ1) is 20.3. The van der Waals surface area contributed by atoms with E-state index in [2.05, 4.69) is 10.6 Å². The first-order valence-corrected chi connectivity index (χ1v) is 8.59. The molecule has 0 saturated carbocycles. The summed E-state index contributed by atoms with van der Waals surface area (Å²) in [5, 5.41) is 5.75. The maximum atomic E-state index is 12.5. The first-order chi connectivity index (χ1) is 11.1. The van der Waals surface area contributed by atoms with Gasteiger partial charge in [0.05, 0.1) is 11.0 Å². The molecule has 0 unspecified atom stereocenters. The number of carbonyl (C=O) groups excluding carboxylic acids is 2. The van der Waals surface area contributed by atoms with Gasteiger partial charge in [0.25, 0.3) is 5.91 Å². The molecular weight excluding hydrogens is 326 g/mol. The van der Waals surface area contributed by atoms with Crippen LogP contribution in [0.4, 0.5) is 11.4 Å². The summed E-state index contributed by atoms with van der Waals surface area (Å²) >= 11 is 5.84. The Hall–Kier alpha value is -1.75. The average molecular weight is 354 g/mol. The lowest BCUT2D eigenvalue weighted by molar-refractivity contribution is -0.122. The number of nitrogens with zero attached hydrogens (tertiary/aromatic N) is 1. The van der Waals surface area contributed by atoms with Gasteiger partial charge in [0, 0.05) is 37.9 Å². The number of hydrogen-bond acceptors (Lipinski definition) is 3. The van der Waals surface area contributed by atoms with Gasteiger partial charge in [-0.2, -0.15) is 0 Å². The van der Waals surface area contributed by atoms with Crippen LogP contribution in [0.25, 0.3) is 0 Å². The van der Waals surface area contributed by atoms with Gasteiger partial charge in [0.2, 0.25) is 5.91 Å². The fourth-order valence-corrected chi connectivity index (χ4v) is 2.06. The lowest BCUT2D eigenvalue weighted by atomic mass is 9.95. The third kappa shape index (κ3) is 5.41. The number of alkyl halides is 1. The normalized spacial score (nSPS) is 11.3. The smallest absolute Gasteiger partial charge is 0.253 e. The van der Waals surface area contributed by atoms with Crippen LogP contribution < -0.4 is 15.5 Å². The summed E-state index contributed by atoms with van der Waals surface area (Å²) in [6, 6.07) is 5.32. The van der Waals surface area contributed by atoms with E-state index >= 15 is 0 Å². The van der Waals surface area contributed by atoms with E-state index in [9.17, 15) is 9.59 Å². The second kappa shape index (κ2) is 8.38. The van der Waals surface area contributed by atoms with Crippen molar-refractivity contribution in [3.63, 3.8) is 0 Å². The fourth-order valence-electron chi connectivity index (χ4n) is 1.94. The number of carbonyl (C=O) groups is 2. The molecule has 0 bridgehead atoms. The Balaban J connectivity index is 3.08. The Morgan fingerprint density at radius 3 is 2.38 bits per heavy atom. The molecule has 0 aliphatic rings. The van der Waals surface area contributed by atoms with E-state index < -0.39 is 5.41 Å². The molecule has 0 spiro atoms. The van der Waals surface area contributed by atoms with Crippen LogP contribution in [0.2, 0.25) is 0 Å². The van der Waals surface area contributed by atoms with Crippen LogP contribution >= 0.6 is 11.6 Å². The Labute approximate surface area is 149 Å². The number of benzene rings is 1. The van der Waals surface area contributed by atoms with E-state index in [0.29, 0.717) is 23.7 Å². The predicted octanol–water partition coefficient (Wildman–Crippen LogP) is 3.34. The lowest BCUT2D eigenvalue weighted by Crippen LogP contribution is -2.32. The maximum Gasteiger partial charge on any atom is 0.253 e. The largest absolute Gasteiger partial charge is 0.377 e. The summed E-state index contributed by atoms with van der Waals surface area (Å²) < 4.78 is 0. The third-order valence-corrected chi connectivity index (χ3v) is 4.27. The number of rotatable bonds is 7. The molecule has 0 aromatic heterocycles. The molecule has 1 rings (SSSR count).